The fraction of sp³-hybridized carbons (Fsp3) is 0.350. The van der Waals surface area contributed by atoms with Crippen LogP contribution in [0.1, 0.15) is 25.1 Å². The van der Waals surface area contributed by atoms with Gasteiger partial charge in [0.25, 0.3) is 6.29 Å². The molecule has 1 atom stereocenters. The highest BCUT2D eigenvalue weighted by atomic mass is 16.7. The van der Waals surface area contributed by atoms with Crippen LogP contribution >= 0.6 is 0 Å². The maximum Gasteiger partial charge on any atom is 0.373 e. The van der Waals surface area contributed by atoms with Gasteiger partial charge in [-0.25, -0.2) is 4.79 Å². The second-order valence-electron chi connectivity index (χ2n) is 5.63. The van der Waals surface area contributed by atoms with Crippen LogP contribution in [-0.4, -0.2) is 48.4 Å². The number of aryl methyl sites for hydroxylation is 1. The zero-order chi connectivity index (χ0) is 20.4. The van der Waals surface area contributed by atoms with Gasteiger partial charge in [-0.1, -0.05) is 18.1 Å². The number of ether oxygens (including phenoxy) is 3. The highest BCUT2D eigenvalue weighted by molar-refractivity contribution is 5.99. The topological polar surface area (TPSA) is 99.5 Å². The minimum atomic E-state index is -1.35. The molecule has 0 aliphatic heterocycles. The standard InChI is InChI=1S/C20H24N2O6/c1-4-14-6-11-17(21-12-14)18(22-25-3)13-27-15-7-9-16(10-8-15)28-20(19(23)24)26-5-2/h6-12,20H,4-5,13H2,1-3H3,(H,23,24)/b22-18+/t20-/m1/s1. The number of carbonyl (C=O) groups is 1. The van der Waals surface area contributed by atoms with Gasteiger partial charge in [0.15, 0.2) is 0 Å². The van der Waals surface area contributed by atoms with Gasteiger partial charge in [-0.05, 0) is 49.2 Å². The maximum absolute atomic E-state index is 11.1. The van der Waals surface area contributed by atoms with Crippen LogP contribution in [-0.2, 0) is 20.8 Å². The Morgan fingerprint density at radius 1 is 1.14 bits per heavy atom. The van der Waals surface area contributed by atoms with E-state index < -0.39 is 12.3 Å². The Kier molecular flexibility index (Phi) is 8.23. The first-order chi connectivity index (χ1) is 13.6. The average Bonchev–Trinajstić information content (AvgIpc) is 2.72. The molecule has 1 heterocycles. The largest absolute Gasteiger partial charge is 0.487 e. The summed E-state index contributed by atoms with van der Waals surface area (Å²) in [7, 11) is 1.46. The summed E-state index contributed by atoms with van der Waals surface area (Å²) in [6.45, 7) is 4.14. The lowest BCUT2D eigenvalue weighted by atomic mass is 10.2. The third-order valence-corrected chi connectivity index (χ3v) is 3.69. The van der Waals surface area contributed by atoms with E-state index in [1.165, 1.54) is 7.11 Å². The van der Waals surface area contributed by atoms with Gasteiger partial charge in [-0.2, -0.15) is 0 Å². The van der Waals surface area contributed by atoms with Crippen LogP contribution in [0.25, 0.3) is 0 Å². The Bertz CT molecular complexity index is 774. The molecule has 8 heteroatoms. The molecule has 0 spiro atoms. The van der Waals surface area contributed by atoms with E-state index in [0.29, 0.717) is 22.9 Å². The fourth-order valence-electron chi connectivity index (χ4n) is 2.26. The minimum absolute atomic E-state index is 0.156. The number of benzene rings is 1. The van der Waals surface area contributed by atoms with E-state index in [4.69, 9.17) is 24.2 Å². The number of hydrogen-bond acceptors (Lipinski definition) is 7. The fourth-order valence-corrected chi connectivity index (χ4v) is 2.26. The molecule has 0 aliphatic rings. The number of hydrogen-bond donors (Lipinski definition) is 1. The summed E-state index contributed by atoms with van der Waals surface area (Å²) in [5.74, 6) is -0.274. The maximum atomic E-state index is 11.1. The smallest absolute Gasteiger partial charge is 0.373 e. The molecule has 1 N–H and O–H groups in total. The van der Waals surface area contributed by atoms with Gasteiger partial charge in [-0.3, -0.25) is 4.98 Å². The molecule has 0 bridgehead atoms. The van der Waals surface area contributed by atoms with E-state index in [1.807, 2.05) is 12.1 Å². The van der Waals surface area contributed by atoms with Crippen LogP contribution < -0.4 is 9.47 Å². The second kappa shape index (κ2) is 10.9. The predicted molar refractivity (Wildman–Crippen MR) is 103 cm³/mol. The summed E-state index contributed by atoms with van der Waals surface area (Å²) < 4.78 is 16.0. The van der Waals surface area contributed by atoms with E-state index in [9.17, 15) is 4.79 Å². The molecular weight excluding hydrogens is 364 g/mol. The summed E-state index contributed by atoms with van der Waals surface area (Å²) in [5, 5.41) is 13.0. The molecule has 1 aromatic heterocycles. The van der Waals surface area contributed by atoms with Crippen molar-refractivity contribution in [2.24, 2.45) is 5.16 Å². The number of carboxylic acids is 1. The van der Waals surface area contributed by atoms with Crippen molar-refractivity contribution in [2.45, 2.75) is 26.6 Å². The third-order valence-electron chi connectivity index (χ3n) is 3.69. The summed E-state index contributed by atoms with van der Waals surface area (Å²) in [6.07, 6.45) is 1.35. The van der Waals surface area contributed by atoms with Crippen molar-refractivity contribution >= 4 is 11.7 Å². The number of aromatic nitrogens is 1. The lowest BCUT2D eigenvalue weighted by Gasteiger charge is -2.15. The van der Waals surface area contributed by atoms with Crippen molar-refractivity contribution in [3.63, 3.8) is 0 Å². The molecule has 2 aromatic rings. The van der Waals surface area contributed by atoms with Crippen LogP contribution in [0.4, 0.5) is 0 Å². The molecule has 0 radical (unpaired) electrons. The number of nitrogens with zero attached hydrogens (tertiary/aromatic N) is 2. The molecule has 150 valence electrons. The van der Waals surface area contributed by atoms with Gasteiger partial charge in [0.2, 0.25) is 0 Å². The average molecular weight is 388 g/mol. The van der Waals surface area contributed by atoms with E-state index in [1.54, 1.807) is 37.4 Å². The summed E-state index contributed by atoms with van der Waals surface area (Å²) in [4.78, 5) is 20.3. The summed E-state index contributed by atoms with van der Waals surface area (Å²) in [6, 6.07) is 10.4. The molecule has 28 heavy (non-hydrogen) atoms. The zero-order valence-corrected chi connectivity index (χ0v) is 16.1. The monoisotopic (exact) mass is 388 g/mol. The van der Waals surface area contributed by atoms with Crippen LogP contribution in [0.2, 0.25) is 0 Å². The van der Waals surface area contributed by atoms with E-state index in [-0.39, 0.29) is 13.2 Å². The van der Waals surface area contributed by atoms with E-state index in [0.717, 1.165) is 12.0 Å². The first-order valence-electron chi connectivity index (χ1n) is 8.86. The lowest BCUT2D eigenvalue weighted by molar-refractivity contribution is -0.170. The molecule has 0 unspecified atom stereocenters. The van der Waals surface area contributed by atoms with Crippen molar-refractivity contribution in [3.05, 3.63) is 53.9 Å². The van der Waals surface area contributed by atoms with Crippen LogP contribution in [0.3, 0.4) is 0 Å². The Balaban J connectivity index is 1.99. The first kappa shape index (κ1) is 21.2. The first-order valence-corrected chi connectivity index (χ1v) is 8.86. The summed E-state index contributed by atoms with van der Waals surface area (Å²) >= 11 is 0. The van der Waals surface area contributed by atoms with Crippen molar-refractivity contribution in [1.29, 1.82) is 0 Å². The molecular formula is C20H24N2O6. The molecule has 0 amide bonds. The van der Waals surface area contributed by atoms with Crippen molar-refractivity contribution < 1.29 is 28.9 Å². The molecule has 0 saturated heterocycles. The predicted octanol–water partition coefficient (Wildman–Crippen LogP) is 2.90. The van der Waals surface area contributed by atoms with E-state index >= 15 is 0 Å². The number of oxime groups is 1. The normalized spacial score (nSPS) is 12.3. The Morgan fingerprint density at radius 3 is 2.39 bits per heavy atom. The van der Waals surface area contributed by atoms with Crippen LogP contribution in [0.15, 0.2) is 47.8 Å². The second-order valence-corrected chi connectivity index (χ2v) is 5.63. The Morgan fingerprint density at radius 2 is 1.86 bits per heavy atom. The van der Waals surface area contributed by atoms with Gasteiger partial charge in [-0.15, -0.1) is 0 Å². The number of carboxylic acid groups (broad SMARTS) is 1. The molecule has 0 aliphatic carbocycles. The molecule has 0 fully saturated rings. The van der Waals surface area contributed by atoms with Crippen molar-refractivity contribution in [2.75, 3.05) is 20.3 Å². The molecule has 2 rings (SSSR count). The highest BCUT2D eigenvalue weighted by Crippen LogP contribution is 2.19. The molecule has 0 saturated carbocycles. The van der Waals surface area contributed by atoms with Gasteiger partial charge in [0.1, 0.15) is 30.9 Å². The van der Waals surface area contributed by atoms with Crippen molar-refractivity contribution in [3.8, 4) is 11.5 Å². The summed E-state index contributed by atoms with van der Waals surface area (Å²) in [5.41, 5.74) is 2.34. The van der Waals surface area contributed by atoms with Crippen LogP contribution in [0, 0.1) is 0 Å². The number of pyridine rings is 1. The quantitative estimate of drug-likeness (QED) is 0.359. The van der Waals surface area contributed by atoms with Gasteiger partial charge >= 0.3 is 5.97 Å². The minimum Gasteiger partial charge on any atom is -0.487 e. The number of aliphatic carboxylic acids is 1. The third kappa shape index (κ3) is 6.24. The number of rotatable bonds is 11. The Labute approximate surface area is 163 Å². The van der Waals surface area contributed by atoms with Gasteiger partial charge in [0.05, 0.1) is 5.69 Å². The van der Waals surface area contributed by atoms with Gasteiger partial charge < -0.3 is 24.2 Å². The lowest BCUT2D eigenvalue weighted by Crippen LogP contribution is -2.30. The highest BCUT2D eigenvalue weighted by Gasteiger charge is 2.19. The van der Waals surface area contributed by atoms with Crippen molar-refractivity contribution in [1.82, 2.24) is 4.98 Å². The SMILES string of the molecule is CCO[C@H](Oc1ccc(OC/C(=N\OC)c2ccc(CC)cn2)cc1)C(=O)O. The van der Waals surface area contributed by atoms with Crippen LogP contribution in [0.5, 0.6) is 11.5 Å². The van der Waals surface area contributed by atoms with E-state index in [2.05, 4.69) is 17.1 Å². The Hall–Kier alpha value is -3.13. The zero-order valence-electron chi connectivity index (χ0n) is 16.1. The molecule has 1 aromatic carbocycles. The van der Waals surface area contributed by atoms with Gasteiger partial charge in [0, 0.05) is 12.8 Å². The molecule has 8 nitrogen and oxygen atoms in total.